The summed E-state index contributed by atoms with van der Waals surface area (Å²) in [6.07, 6.45) is -3.78. The van der Waals surface area contributed by atoms with Gasteiger partial charge < -0.3 is 20.1 Å². The number of aryl methyl sites for hydroxylation is 1. The van der Waals surface area contributed by atoms with Crippen LogP contribution in [0.5, 0.6) is 0 Å². The molecule has 0 radical (unpaired) electrons. The van der Waals surface area contributed by atoms with E-state index in [0.29, 0.717) is 12.1 Å². The van der Waals surface area contributed by atoms with Gasteiger partial charge in [0, 0.05) is 31.5 Å². The molecule has 11 nitrogen and oxygen atoms in total. The monoisotopic (exact) mass is 486 g/mol. The molecule has 4 rings (SSSR count). The summed E-state index contributed by atoms with van der Waals surface area (Å²) in [6, 6.07) is 2.99. The van der Waals surface area contributed by atoms with E-state index in [1.54, 1.807) is 6.07 Å². The van der Waals surface area contributed by atoms with E-state index in [0.717, 1.165) is 12.8 Å². The number of nitrogens with zero attached hydrogens (tertiary/aromatic N) is 3. The molecule has 1 aliphatic heterocycles. The molecule has 0 aromatic carbocycles. The zero-order chi connectivity index (χ0) is 24.5. The number of anilines is 1. The van der Waals surface area contributed by atoms with Crippen LogP contribution in [-0.4, -0.2) is 63.2 Å². The van der Waals surface area contributed by atoms with Gasteiger partial charge in [-0.3, -0.25) is 19.3 Å². The Morgan fingerprint density at radius 1 is 1.35 bits per heavy atom. The molecule has 1 saturated carbocycles. The molecule has 1 saturated heterocycles. The van der Waals surface area contributed by atoms with Crippen LogP contribution < -0.4 is 10.6 Å². The van der Waals surface area contributed by atoms with Crippen LogP contribution in [0.15, 0.2) is 12.1 Å². The summed E-state index contributed by atoms with van der Waals surface area (Å²) in [7, 11) is 1.51. The Morgan fingerprint density at radius 2 is 2.12 bits per heavy atom. The van der Waals surface area contributed by atoms with Gasteiger partial charge in [-0.2, -0.15) is 10.2 Å². The molecule has 2 aromatic rings. The highest BCUT2D eigenvalue weighted by molar-refractivity contribution is 6.02. The number of carbonyl (C=O) groups excluding carboxylic acids is 2. The van der Waals surface area contributed by atoms with Gasteiger partial charge in [-0.05, 0) is 25.8 Å². The molecule has 3 heterocycles. The molecule has 2 fully saturated rings. The number of halogens is 3. The zero-order valence-corrected chi connectivity index (χ0v) is 18.6. The lowest BCUT2D eigenvalue weighted by molar-refractivity contribution is -0.324. The largest absolute Gasteiger partial charge is 0.522 e. The van der Waals surface area contributed by atoms with Crippen molar-refractivity contribution in [1.29, 1.82) is 0 Å². The van der Waals surface area contributed by atoms with E-state index in [4.69, 9.17) is 9.47 Å². The highest BCUT2D eigenvalue weighted by atomic mass is 19.4. The number of hydrogen-bond acceptors (Lipinski definition) is 7. The van der Waals surface area contributed by atoms with Crippen molar-refractivity contribution in [3.63, 3.8) is 0 Å². The second kappa shape index (κ2) is 9.25. The van der Waals surface area contributed by atoms with Crippen molar-refractivity contribution >= 4 is 17.8 Å². The smallest absolute Gasteiger partial charge is 0.444 e. The van der Waals surface area contributed by atoms with Crippen LogP contribution in [0.1, 0.15) is 54.2 Å². The van der Waals surface area contributed by atoms with E-state index >= 15 is 0 Å². The summed E-state index contributed by atoms with van der Waals surface area (Å²) in [6.45, 7) is 1.60. The van der Waals surface area contributed by atoms with E-state index in [-0.39, 0.29) is 41.9 Å². The SMILES string of the molecule is Cn1nc(CCOC(F)(F)F)cc1C(=O)Nc1cc(C2CC(OC(=O)NC3(C)CC3)CO2)[nH]n1. The molecule has 186 valence electrons. The fourth-order valence-electron chi connectivity index (χ4n) is 3.52. The lowest BCUT2D eigenvalue weighted by atomic mass is 10.1. The minimum Gasteiger partial charge on any atom is -0.444 e. The standard InChI is InChI=1S/C20H25F3N6O5/c1-19(4-5-19)25-18(31)34-12-8-15(32-10-12)13-9-16(27-26-13)24-17(30)14-7-11(28-29(14)2)3-6-33-20(21,22)23/h7,9,12,15H,3-6,8,10H2,1-2H3,(H,25,31)(H2,24,26,27,30). The van der Waals surface area contributed by atoms with Crippen LogP contribution in [0.2, 0.25) is 0 Å². The van der Waals surface area contributed by atoms with Crippen LogP contribution in [0.4, 0.5) is 23.8 Å². The number of ether oxygens (including phenoxy) is 3. The Morgan fingerprint density at radius 3 is 2.82 bits per heavy atom. The minimum atomic E-state index is -4.72. The second-order valence-electron chi connectivity index (χ2n) is 8.62. The number of amides is 2. The first-order valence-electron chi connectivity index (χ1n) is 10.7. The van der Waals surface area contributed by atoms with Crippen LogP contribution in [0, 0.1) is 0 Å². The van der Waals surface area contributed by atoms with Crippen molar-refractivity contribution in [2.75, 3.05) is 18.5 Å². The number of carbonyl (C=O) groups is 2. The average Bonchev–Trinajstić information content (AvgIpc) is 3.12. The third-order valence-corrected chi connectivity index (χ3v) is 5.61. The van der Waals surface area contributed by atoms with Crippen molar-refractivity contribution in [2.45, 2.75) is 56.7 Å². The van der Waals surface area contributed by atoms with Crippen molar-refractivity contribution in [3.05, 3.63) is 29.2 Å². The summed E-state index contributed by atoms with van der Waals surface area (Å²) in [4.78, 5) is 24.5. The molecule has 0 bridgehead atoms. The lowest BCUT2D eigenvalue weighted by Crippen LogP contribution is -2.37. The number of alkyl carbamates (subject to hydrolysis) is 1. The van der Waals surface area contributed by atoms with Crippen molar-refractivity contribution in [1.82, 2.24) is 25.3 Å². The van der Waals surface area contributed by atoms with E-state index in [2.05, 4.69) is 30.7 Å². The van der Waals surface area contributed by atoms with Gasteiger partial charge in [-0.15, -0.1) is 13.2 Å². The van der Waals surface area contributed by atoms with Gasteiger partial charge in [0.25, 0.3) is 5.91 Å². The first-order chi connectivity index (χ1) is 16.0. The first kappa shape index (κ1) is 24.0. The number of H-pyrrole nitrogens is 1. The van der Waals surface area contributed by atoms with Crippen molar-refractivity contribution in [3.8, 4) is 0 Å². The highest BCUT2D eigenvalue weighted by Crippen LogP contribution is 2.35. The quantitative estimate of drug-likeness (QED) is 0.522. The van der Waals surface area contributed by atoms with Crippen LogP contribution >= 0.6 is 0 Å². The number of hydrogen-bond donors (Lipinski definition) is 3. The minimum absolute atomic E-state index is 0.104. The Hall–Kier alpha value is -3.13. The fourth-order valence-corrected chi connectivity index (χ4v) is 3.52. The number of aromatic amines is 1. The molecule has 2 atom stereocenters. The maximum atomic E-state index is 12.6. The van der Waals surface area contributed by atoms with Crippen molar-refractivity contribution < 1.29 is 37.0 Å². The van der Waals surface area contributed by atoms with Gasteiger partial charge >= 0.3 is 12.5 Å². The molecule has 2 unspecified atom stereocenters. The number of nitrogens with one attached hydrogen (secondary N) is 3. The van der Waals surface area contributed by atoms with Gasteiger partial charge in [-0.25, -0.2) is 4.79 Å². The Balaban J connectivity index is 1.27. The zero-order valence-electron chi connectivity index (χ0n) is 18.6. The molecule has 2 aromatic heterocycles. The molecule has 0 spiro atoms. The Kier molecular flexibility index (Phi) is 6.53. The summed E-state index contributed by atoms with van der Waals surface area (Å²) in [5, 5.41) is 16.3. The topological polar surface area (TPSA) is 132 Å². The number of alkyl halides is 3. The number of rotatable bonds is 8. The molecular weight excluding hydrogens is 461 g/mol. The lowest BCUT2D eigenvalue weighted by Gasteiger charge is -2.15. The summed E-state index contributed by atoms with van der Waals surface area (Å²) in [5.74, 6) is -0.301. The number of aromatic nitrogens is 4. The van der Waals surface area contributed by atoms with Gasteiger partial charge in [0.1, 0.15) is 17.9 Å². The third-order valence-electron chi connectivity index (χ3n) is 5.61. The van der Waals surface area contributed by atoms with Gasteiger partial charge in [-0.1, -0.05) is 0 Å². The molecule has 2 aliphatic rings. The second-order valence-corrected chi connectivity index (χ2v) is 8.62. The van der Waals surface area contributed by atoms with Crippen LogP contribution in [-0.2, 0) is 27.7 Å². The van der Waals surface area contributed by atoms with E-state index < -0.39 is 31.1 Å². The Labute approximate surface area is 192 Å². The van der Waals surface area contributed by atoms with Gasteiger partial charge in [0.2, 0.25) is 0 Å². The van der Waals surface area contributed by atoms with Gasteiger partial charge in [0.15, 0.2) is 5.82 Å². The normalized spacial score (nSPS) is 21.3. The van der Waals surface area contributed by atoms with E-state index in [1.807, 2.05) is 6.92 Å². The van der Waals surface area contributed by atoms with Crippen LogP contribution in [0.3, 0.4) is 0 Å². The van der Waals surface area contributed by atoms with E-state index in [9.17, 15) is 22.8 Å². The average molecular weight is 486 g/mol. The van der Waals surface area contributed by atoms with Crippen LogP contribution in [0.25, 0.3) is 0 Å². The highest BCUT2D eigenvalue weighted by Gasteiger charge is 2.40. The molecule has 14 heteroatoms. The molecule has 1 aliphatic carbocycles. The molecule has 2 amide bonds. The maximum absolute atomic E-state index is 12.6. The molecule has 34 heavy (non-hydrogen) atoms. The fraction of sp³-hybridized carbons (Fsp3) is 0.600. The predicted molar refractivity (Wildman–Crippen MR) is 110 cm³/mol. The summed E-state index contributed by atoms with van der Waals surface area (Å²) in [5.41, 5.74) is 0.862. The third kappa shape index (κ3) is 6.26. The summed E-state index contributed by atoms with van der Waals surface area (Å²) < 4.78 is 52.4. The Bertz CT molecular complexity index is 1050. The predicted octanol–water partition coefficient (Wildman–Crippen LogP) is 2.58. The van der Waals surface area contributed by atoms with Gasteiger partial charge in [0.05, 0.1) is 24.6 Å². The first-order valence-corrected chi connectivity index (χ1v) is 10.7. The maximum Gasteiger partial charge on any atom is 0.522 e. The summed E-state index contributed by atoms with van der Waals surface area (Å²) >= 11 is 0. The van der Waals surface area contributed by atoms with E-state index in [1.165, 1.54) is 17.8 Å². The van der Waals surface area contributed by atoms with Crippen molar-refractivity contribution in [2.24, 2.45) is 7.05 Å². The molecule has 3 N–H and O–H groups in total. The molecular formula is C20H25F3N6O5.